The van der Waals surface area contributed by atoms with Crippen LogP contribution in [0.3, 0.4) is 0 Å². The van der Waals surface area contributed by atoms with Crippen LogP contribution in [0.1, 0.15) is 76.8 Å². The van der Waals surface area contributed by atoms with E-state index in [1.807, 2.05) is 11.8 Å². The van der Waals surface area contributed by atoms with Crippen LogP contribution in [-0.2, 0) is 9.59 Å². The summed E-state index contributed by atoms with van der Waals surface area (Å²) in [5.74, 6) is 0.988. The van der Waals surface area contributed by atoms with Crippen LogP contribution >= 0.6 is 0 Å². The quantitative estimate of drug-likeness (QED) is 0.854. The first-order valence-electron chi connectivity index (χ1n) is 9.56. The third-order valence-electron chi connectivity index (χ3n) is 5.14. The Morgan fingerprint density at radius 2 is 1.60 bits per heavy atom. The highest BCUT2D eigenvalue weighted by atomic mass is 16.2. The maximum atomic E-state index is 12.8. The van der Waals surface area contributed by atoms with Gasteiger partial charge >= 0.3 is 0 Å². The second-order valence-electron chi connectivity index (χ2n) is 7.62. The Morgan fingerprint density at radius 3 is 2.04 bits per heavy atom. The number of carbonyl (C=O) groups excluding carboxylic acids is 2. The SMILES string of the molecule is CCC(=O)N1CCC(C(=O)Nc2c(C(C)C)cccc2C(C)C)CC1. The number of likely N-dealkylation sites (tertiary alicyclic amines) is 1. The van der Waals surface area contributed by atoms with Crippen molar-refractivity contribution in [2.45, 2.75) is 65.7 Å². The van der Waals surface area contributed by atoms with Crippen LogP contribution in [0, 0.1) is 5.92 Å². The Morgan fingerprint density at radius 1 is 1.08 bits per heavy atom. The lowest BCUT2D eigenvalue weighted by Gasteiger charge is -2.31. The van der Waals surface area contributed by atoms with Gasteiger partial charge in [0.25, 0.3) is 0 Å². The molecule has 0 saturated carbocycles. The Hall–Kier alpha value is -1.84. The maximum Gasteiger partial charge on any atom is 0.227 e. The summed E-state index contributed by atoms with van der Waals surface area (Å²) >= 11 is 0. The Bertz CT molecular complexity index is 588. The minimum Gasteiger partial charge on any atom is -0.343 e. The van der Waals surface area contributed by atoms with Gasteiger partial charge in [0.2, 0.25) is 11.8 Å². The number of para-hydroxylation sites is 1. The predicted molar refractivity (Wildman–Crippen MR) is 103 cm³/mol. The van der Waals surface area contributed by atoms with E-state index >= 15 is 0 Å². The molecule has 138 valence electrons. The number of anilines is 1. The minimum atomic E-state index is -0.0128. The number of hydrogen-bond donors (Lipinski definition) is 1. The Labute approximate surface area is 152 Å². The molecule has 4 nitrogen and oxygen atoms in total. The Kier molecular flexibility index (Phi) is 6.63. The molecule has 25 heavy (non-hydrogen) atoms. The van der Waals surface area contributed by atoms with Crippen molar-refractivity contribution in [2.75, 3.05) is 18.4 Å². The van der Waals surface area contributed by atoms with Crippen LogP contribution in [0.4, 0.5) is 5.69 Å². The van der Waals surface area contributed by atoms with E-state index < -0.39 is 0 Å². The lowest BCUT2D eigenvalue weighted by molar-refractivity contribution is -0.134. The van der Waals surface area contributed by atoms with Crippen LogP contribution in [0.2, 0.25) is 0 Å². The molecule has 1 N–H and O–H groups in total. The molecule has 4 heteroatoms. The summed E-state index contributed by atoms with van der Waals surface area (Å²) in [5, 5.41) is 3.23. The fourth-order valence-electron chi connectivity index (χ4n) is 3.54. The summed E-state index contributed by atoms with van der Waals surface area (Å²) in [6.07, 6.45) is 2.03. The molecule has 1 aromatic carbocycles. The third kappa shape index (κ3) is 4.62. The van der Waals surface area contributed by atoms with Crippen molar-refractivity contribution in [3.8, 4) is 0 Å². The van der Waals surface area contributed by atoms with E-state index in [2.05, 4.69) is 51.2 Å². The van der Waals surface area contributed by atoms with E-state index in [0.29, 0.717) is 31.3 Å². The van der Waals surface area contributed by atoms with E-state index in [0.717, 1.165) is 18.5 Å². The van der Waals surface area contributed by atoms with Gasteiger partial charge < -0.3 is 10.2 Å². The molecule has 1 aliphatic heterocycles. The van der Waals surface area contributed by atoms with Crippen molar-refractivity contribution in [2.24, 2.45) is 5.92 Å². The molecule has 0 aliphatic carbocycles. The smallest absolute Gasteiger partial charge is 0.227 e. The largest absolute Gasteiger partial charge is 0.343 e. The van der Waals surface area contributed by atoms with Gasteiger partial charge in [0.1, 0.15) is 0 Å². The molecule has 1 heterocycles. The van der Waals surface area contributed by atoms with E-state index in [1.165, 1.54) is 11.1 Å². The molecule has 0 atom stereocenters. The molecule has 0 aromatic heterocycles. The summed E-state index contributed by atoms with van der Waals surface area (Å²) in [6, 6.07) is 6.29. The molecule has 1 aromatic rings. The highest BCUT2D eigenvalue weighted by Crippen LogP contribution is 2.33. The van der Waals surface area contributed by atoms with Crippen molar-refractivity contribution in [3.05, 3.63) is 29.3 Å². The lowest BCUT2D eigenvalue weighted by Crippen LogP contribution is -2.41. The molecular formula is C21H32N2O2. The van der Waals surface area contributed by atoms with Crippen molar-refractivity contribution in [1.29, 1.82) is 0 Å². The number of carbonyl (C=O) groups is 2. The zero-order valence-corrected chi connectivity index (χ0v) is 16.3. The van der Waals surface area contributed by atoms with Crippen LogP contribution < -0.4 is 5.32 Å². The Balaban J connectivity index is 2.12. The van der Waals surface area contributed by atoms with Gasteiger partial charge in [0, 0.05) is 31.1 Å². The third-order valence-corrected chi connectivity index (χ3v) is 5.14. The number of nitrogens with zero attached hydrogens (tertiary/aromatic N) is 1. The monoisotopic (exact) mass is 344 g/mol. The van der Waals surface area contributed by atoms with Crippen LogP contribution in [0.15, 0.2) is 18.2 Å². The van der Waals surface area contributed by atoms with Gasteiger partial charge in [-0.2, -0.15) is 0 Å². The molecule has 2 rings (SSSR count). The van der Waals surface area contributed by atoms with Gasteiger partial charge in [-0.05, 0) is 35.8 Å². The standard InChI is InChI=1S/C21H32N2O2/c1-6-19(24)23-12-10-16(11-13-23)21(25)22-20-17(14(2)3)8-7-9-18(20)15(4)5/h7-9,14-16H,6,10-13H2,1-5H3,(H,22,25). The highest BCUT2D eigenvalue weighted by Gasteiger charge is 2.28. The molecule has 1 saturated heterocycles. The second-order valence-corrected chi connectivity index (χ2v) is 7.62. The van der Waals surface area contributed by atoms with Gasteiger partial charge in [-0.3, -0.25) is 9.59 Å². The average Bonchev–Trinajstić information content (AvgIpc) is 2.60. The number of hydrogen-bond acceptors (Lipinski definition) is 2. The highest BCUT2D eigenvalue weighted by molar-refractivity contribution is 5.94. The van der Waals surface area contributed by atoms with E-state index in [1.54, 1.807) is 0 Å². The molecule has 0 unspecified atom stereocenters. The number of nitrogens with one attached hydrogen (secondary N) is 1. The molecule has 1 fully saturated rings. The van der Waals surface area contributed by atoms with E-state index in [-0.39, 0.29) is 17.7 Å². The first-order chi connectivity index (χ1) is 11.8. The molecule has 0 radical (unpaired) electrons. The van der Waals surface area contributed by atoms with Gasteiger partial charge in [-0.1, -0.05) is 52.8 Å². The number of piperidine rings is 1. The van der Waals surface area contributed by atoms with Crippen molar-refractivity contribution >= 4 is 17.5 Å². The van der Waals surface area contributed by atoms with Gasteiger partial charge in [-0.15, -0.1) is 0 Å². The number of benzene rings is 1. The number of amides is 2. The lowest BCUT2D eigenvalue weighted by atomic mass is 9.91. The first-order valence-corrected chi connectivity index (χ1v) is 9.56. The topological polar surface area (TPSA) is 49.4 Å². The van der Waals surface area contributed by atoms with Crippen LogP contribution in [0.25, 0.3) is 0 Å². The van der Waals surface area contributed by atoms with Gasteiger partial charge in [-0.25, -0.2) is 0 Å². The summed E-state index contributed by atoms with van der Waals surface area (Å²) in [6.45, 7) is 11.9. The fourth-order valence-corrected chi connectivity index (χ4v) is 3.54. The summed E-state index contributed by atoms with van der Waals surface area (Å²) in [7, 11) is 0. The van der Waals surface area contributed by atoms with Crippen LogP contribution in [-0.4, -0.2) is 29.8 Å². The maximum absolute atomic E-state index is 12.8. The predicted octanol–water partition coefficient (Wildman–Crippen LogP) is 4.52. The zero-order chi connectivity index (χ0) is 18.6. The molecule has 0 bridgehead atoms. The average molecular weight is 344 g/mol. The summed E-state index contributed by atoms with van der Waals surface area (Å²) < 4.78 is 0. The van der Waals surface area contributed by atoms with Crippen LogP contribution in [0.5, 0.6) is 0 Å². The van der Waals surface area contributed by atoms with E-state index in [9.17, 15) is 9.59 Å². The second kappa shape index (κ2) is 8.50. The fraction of sp³-hybridized carbons (Fsp3) is 0.619. The molecular weight excluding hydrogens is 312 g/mol. The molecule has 1 aliphatic rings. The van der Waals surface area contributed by atoms with Gasteiger partial charge in [0.15, 0.2) is 0 Å². The minimum absolute atomic E-state index is 0.0128. The van der Waals surface area contributed by atoms with Crippen molar-refractivity contribution in [3.63, 3.8) is 0 Å². The summed E-state index contributed by atoms with van der Waals surface area (Å²) in [4.78, 5) is 26.5. The zero-order valence-electron chi connectivity index (χ0n) is 16.3. The summed E-state index contributed by atoms with van der Waals surface area (Å²) in [5.41, 5.74) is 3.38. The number of rotatable bonds is 5. The molecule has 0 spiro atoms. The normalized spacial score (nSPS) is 15.7. The van der Waals surface area contributed by atoms with Crippen molar-refractivity contribution in [1.82, 2.24) is 4.90 Å². The van der Waals surface area contributed by atoms with Gasteiger partial charge in [0.05, 0.1) is 0 Å². The van der Waals surface area contributed by atoms with Crippen molar-refractivity contribution < 1.29 is 9.59 Å². The first kappa shape index (κ1) is 19.5. The molecule has 2 amide bonds. The van der Waals surface area contributed by atoms with E-state index in [4.69, 9.17) is 0 Å².